The average molecular weight is 304 g/mol. The molecule has 1 aliphatic heterocycles. The van der Waals surface area contributed by atoms with Crippen LogP contribution in [-0.4, -0.2) is 10.1 Å². The van der Waals surface area contributed by atoms with E-state index >= 15 is 0 Å². The van der Waals surface area contributed by atoms with Gasteiger partial charge in [-0.15, -0.1) is 0 Å². The van der Waals surface area contributed by atoms with Crippen molar-refractivity contribution in [1.82, 2.24) is 15.5 Å². The topological polar surface area (TPSA) is 51.0 Å². The Balaban J connectivity index is 1.83. The predicted molar refractivity (Wildman–Crippen MR) is 77.9 cm³/mol. The van der Waals surface area contributed by atoms with Crippen molar-refractivity contribution in [3.8, 4) is 0 Å². The Labute approximate surface area is 125 Å². The van der Waals surface area contributed by atoms with Crippen LogP contribution in [0.5, 0.6) is 0 Å². The van der Waals surface area contributed by atoms with Gasteiger partial charge in [-0.25, -0.2) is 4.39 Å². The molecule has 0 amide bonds. The fraction of sp³-hybridized carbons (Fsp3) is 0.0667. The van der Waals surface area contributed by atoms with Gasteiger partial charge in [-0.2, -0.15) is 4.98 Å². The lowest BCUT2D eigenvalue weighted by Crippen LogP contribution is -2.06. The number of hydrogen-bond donors (Lipinski definition) is 1. The highest BCUT2D eigenvalue weighted by molar-refractivity contribution is 6.31. The van der Waals surface area contributed by atoms with Gasteiger partial charge in [-0.05, 0) is 24.3 Å². The summed E-state index contributed by atoms with van der Waals surface area (Å²) in [6.07, 6.45) is 5.51. The van der Waals surface area contributed by atoms with Crippen LogP contribution in [0.25, 0.3) is 5.57 Å². The van der Waals surface area contributed by atoms with E-state index in [2.05, 4.69) is 22.0 Å². The molecule has 0 bridgehead atoms. The number of hydrogen-bond acceptors (Lipinski definition) is 4. The summed E-state index contributed by atoms with van der Waals surface area (Å²) in [4.78, 5) is 4.24. The van der Waals surface area contributed by atoms with Crippen molar-refractivity contribution in [3.05, 3.63) is 76.9 Å². The van der Waals surface area contributed by atoms with Crippen molar-refractivity contribution in [2.75, 3.05) is 0 Å². The average Bonchev–Trinajstić information content (AvgIpc) is 2.92. The maximum atomic E-state index is 13.7. The summed E-state index contributed by atoms with van der Waals surface area (Å²) in [6, 6.07) is 4.52. The zero-order valence-electron chi connectivity index (χ0n) is 10.9. The number of allylic oxidation sites excluding steroid dienone is 3. The third-order valence-electron chi connectivity index (χ3n) is 2.99. The van der Waals surface area contributed by atoms with Gasteiger partial charge in [0.15, 0.2) is 0 Å². The molecule has 2 aromatic rings. The smallest absolute Gasteiger partial charge is 0.231 e. The van der Waals surface area contributed by atoms with Crippen molar-refractivity contribution < 1.29 is 8.91 Å². The second-order valence-electron chi connectivity index (χ2n) is 4.49. The maximum absolute atomic E-state index is 13.7. The molecule has 1 aliphatic rings. The largest absolute Gasteiger partial charge is 0.361 e. The molecule has 0 fully saturated rings. The van der Waals surface area contributed by atoms with Gasteiger partial charge in [0.1, 0.15) is 5.82 Å². The third-order valence-corrected chi connectivity index (χ3v) is 3.35. The molecule has 0 radical (unpaired) electrons. The van der Waals surface area contributed by atoms with Gasteiger partial charge in [0.25, 0.3) is 0 Å². The zero-order chi connectivity index (χ0) is 14.8. The molecule has 0 saturated heterocycles. The van der Waals surface area contributed by atoms with E-state index in [-0.39, 0.29) is 6.42 Å². The van der Waals surface area contributed by atoms with Crippen molar-refractivity contribution >= 4 is 17.2 Å². The molecule has 6 heteroatoms. The Hall–Kier alpha value is -2.40. The minimum Gasteiger partial charge on any atom is -0.361 e. The zero-order valence-corrected chi connectivity index (χ0v) is 11.7. The Bertz CT molecular complexity index is 744. The van der Waals surface area contributed by atoms with Crippen LogP contribution in [0.15, 0.2) is 53.4 Å². The van der Waals surface area contributed by atoms with Crippen molar-refractivity contribution in [1.29, 1.82) is 0 Å². The molecule has 1 aromatic carbocycles. The normalized spacial score (nSPS) is 14.0. The number of aromatic nitrogens is 2. The molecule has 3 rings (SSSR count). The molecule has 2 heterocycles. The monoisotopic (exact) mass is 303 g/mol. The van der Waals surface area contributed by atoms with E-state index in [0.717, 1.165) is 11.3 Å². The summed E-state index contributed by atoms with van der Waals surface area (Å²) in [6.45, 7) is 3.76. The first-order valence-corrected chi connectivity index (χ1v) is 6.61. The second kappa shape index (κ2) is 5.54. The summed E-state index contributed by atoms with van der Waals surface area (Å²) in [5, 5.41) is 7.18. The summed E-state index contributed by atoms with van der Waals surface area (Å²) >= 11 is 5.98. The first-order valence-electron chi connectivity index (χ1n) is 6.23. The number of nitrogens with zero attached hydrogens (tertiary/aromatic N) is 2. The lowest BCUT2D eigenvalue weighted by molar-refractivity contribution is 0.381. The quantitative estimate of drug-likeness (QED) is 0.943. The van der Waals surface area contributed by atoms with E-state index in [9.17, 15) is 4.39 Å². The van der Waals surface area contributed by atoms with Crippen LogP contribution in [0.1, 0.15) is 17.3 Å². The Kier molecular flexibility index (Phi) is 3.58. The number of benzene rings is 1. The molecule has 106 valence electrons. The maximum Gasteiger partial charge on any atom is 0.231 e. The number of dihydropyridines is 1. The van der Waals surface area contributed by atoms with Gasteiger partial charge in [0.2, 0.25) is 11.7 Å². The van der Waals surface area contributed by atoms with E-state index in [1.165, 1.54) is 6.07 Å². The molecule has 1 N–H and O–H groups in total. The number of rotatable bonds is 3. The summed E-state index contributed by atoms with van der Waals surface area (Å²) in [5.41, 5.74) is 1.88. The summed E-state index contributed by atoms with van der Waals surface area (Å²) in [5.74, 6) is 0.335. The highest BCUT2D eigenvalue weighted by atomic mass is 35.5. The number of nitrogens with one attached hydrogen (secondary N) is 1. The fourth-order valence-corrected chi connectivity index (χ4v) is 2.12. The van der Waals surface area contributed by atoms with E-state index in [1.54, 1.807) is 24.4 Å². The van der Waals surface area contributed by atoms with E-state index < -0.39 is 5.82 Å². The molecule has 0 saturated carbocycles. The van der Waals surface area contributed by atoms with E-state index in [0.29, 0.717) is 22.3 Å². The van der Waals surface area contributed by atoms with Crippen LogP contribution >= 0.6 is 11.6 Å². The fourth-order valence-electron chi connectivity index (χ4n) is 1.89. The highest BCUT2D eigenvalue weighted by Gasteiger charge is 2.15. The first-order chi connectivity index (χ1) is 10.1. The predicted octanol–water partition coefficient (Wildman–Crippen LogP) is 3.47. The molecule has 1 aromatic heterocycles. The molecular weight excluding hydrogens is 293 g/mol. The molecular formula is C15H11ClFN3O. The van der Waals surface area contributed by atoms with Gasteiger partial charge < -0.3 is 9.84 Å². The van der Waals surface area contributed by atoms with Crippen LogP contribution in [-0.2, 0) is 6.42 Å². The first kappa shape index (κ1) is 13.6. The van der Waals surface area contributed by atoms with Gasteiger partial charge in [0, 0.05) is 28.1 Å². The summed E-state index contributed by atoms with van der Waals surface area (Å²) < 4.78 is 18.9. The highest BCUT2D eigenvalue weighted by Crippen LogP contribution is 2.23. The van der Waals surface area contributed by atoms with Crippen molar-refractivity contribution in [3.63, 3.8) is 0 Å². The second-order valence-corrected chi connectivity index (χ2v) is 4.90. The van der Waals surface area contributed by atoms with Crippen LogP contribution < -0.4 is 5.32 Å². The minimum atomic E-state index is -0.392. The van der Waals surface area contributed by atoms with E-state index in [4.69, 9.17) is 16.1 Å². The molecule has 0 aliphatic carbocycles. The standard InChI is InChI=1S/C15H11ClFN3O/c1-9-5-6-10(8-18-9)15-19-14(21-20-15)7-11-12(16)3-2-4-13(11)17/h2-6,8,18H,1,7H2. The third kappa shape index (κ3) is 2.87. The van der Waals surface area contributed by atoms with Crippen LogP contribution in [0, 0.1) is 5.82 Å². The van der Waals surface area contributed by atoms with Crippen molar-refractivity contribution in [2.24, 2.45) is 0 Å². The SMILES string of the molecule is C=C1C=CC(c2noc(Cc3c(F)cccc3Cl)n2)=CN1. The molecule has 4 nitrogen and oxygen atoms in total. The number of halogens is 2. The minimum absolute atomic E-state index is 0.148. The van der Waals surface area contributed by atoms with Gasteiger partial charge in [-0.3, -0.25) is 0 Å². The lowest BCUT2D eigenvalue weighted by Gasteiger charge is -2.06. The molecule has 0 atom stereocenters. The molecule has 21 heavy (non-hydrogen) atoms. The lowest BCUT2D eigenvalue weighted by atomic mass is 10.1. The van der Waals surface area contributed by atoms with E-state index in [1.807, 2.05) is 6.08 Å². The van der Waals surface area contributed by atoms with Crippen LogP contribution in [0.3, 0.4) is 0 Å². The molecule has 0 unspecified atom stereocenters. The van der Waals surface area contributed by atoms with Crippen LogP contribution in [0.4, 0.5) is 4.39 Å². The van der Waals surface area contributed by atoms with Gasteiger partial charge in [-0.1, -0.05) is 29.4 Å². The Morgan fingerprint density at radius 2 is 2.19 bits per heavy atom. The van der Waals surface area contributed by atoms with Gasteiger partial charge >= 0.3 is 0 Å². The van der Waals surface area contributed by atoms with Crippen molar-refractivity contribution in [2.45, 2.75) is 6.42 Å². The van der Waals surface area contributed by atoms with Gasteiger partial charge in [0.05, 0.1) is 6.42 Å². The Morgan fingerprint density at radius 1 is 1.33 bits per heavy atom. The summed E-state index contributed by atoms with van der Waals surface area (Å²) in [7, 11) is 0. The van der Waals surface area contributed by atoms with Crippen LogP contribution in [0.2, 0.25) is 5.02 Å². The Morgan fingerprint density at radius 3 is 2.90 bits per heavy atom. The molecule has 0 spiro atoms.